The molecule has 0 unspecified atom stereocenters. The number of nitrogens with one attached hydrogen (secondary N) is 1. The molecule has 0 aliphatic heterocycles. The second-order valence-corrected chi connectivity index (χ2v) is 4.21. The summed E-state index contributed by atoms with van der Waals surface area (Å²) in [5, 5.41) is 11.2. The number of amides is 1. The molecular weight excluding hydrogens is 268 g/mol. The first-order valence-electron chi connectivity index (χ1n) is 6.05. The molecule has 2 N–H and O–H groups in total. The molecule has 0 aromatic heterocycles. The predicted octanol–water partition coefficient (Wildman–Crippen LogP) is 2.50. The molecule has 6 heteroatoms. The standard InChI is InChI=1S/C14H15F2NO3/c1-2-3-4-5-12(14(19)20)17-13(18)10-7-6-9(15)8-11(10)16/h2,6-8,12H,1,3-5H2,(H,17,18)(H,19,20)/t12-/m1/s1. The van der Waals surface area contributed by atoms with Gasteiger partial charge in [0.25, 0.3) is 5.91 Å². The Kier molecular flexibility index (Phi) is 5.83. The van der Waals surface area contributed by atoms with Crippen LogP contribution in [-0.4, -0.2) is 23.0 Å². The molecule has 0 spiro atoms. The molecular formula is C14H15F2NO3. The molecule has 0 saturated carbocycles. The first kappa shape index (κ1) is 15.8. The van der Waals surface area contributed by atoms with Gasteiger partial charge in [-0.05, 0) is 31.4 Å². The molecule has 0 aliphatic rings. The van der Waals surface area contributed by atoms with Crippen LogP contribution in [0.25, 0.3) is 0 Å². The molecule has 4 nitrogen and oxygen atoms in total. The normalized spacial score (nSPS) is 11.7. The second-order valence-electron chi connectivity index (χ2n) is 4.21. The lowest BCUT2D eigenvalue weighted by Gasteiger charge is -2.14. The van der Waals surface area contributed by atoms with Crippen molar-refractivity contribution in [2.75, 3.05) is 0 Å². The number of hydrogen-bond acceptors (Lipinski definition) is 2. The summed E-state index contributed by atoms with van der Waals surface area (Å²) in [5.74, 6) is -3.92. The van der Waals surface area contributed by atoms with E-state index in [-0.39, 0.29) is 12.0 Å². The Bertz CT molecular complexity index is 517. The summed E-state index contributed by atoms with van der Waals surface area (Å²) in [6.45, 7) is 3.51. The highest BCUT2D eigenvalue weighted by atomic mass is 19.1. The van der Waals surface area contributed by atoms with E-state index in [2.05, 4.69) is 11.9 Å². The lowest BCUT2D eigenvalue weighted by molar-refractivity contribution is -0.139. The highest BCUT2D eigenvalue weighted by Crippen LogP contribution is 2.10. The summed E-state index contributed by atoms with van der Waals surface area (Å²) in [6.07, 6.45) is 2.99. The maximum atomic E-state index is 13.4. The van der Waals surface area contributed by atoms with Crippen LogP contribution in [0.5, 0.6) is 0 Å². The largest absolute Gasteiger partial charge is 0.480 e. The van der Waals surface area contributed by atoms with Gasteiger partial charge < -0.3 is 10.4 Å². The van der Waals surface area contributed by atoms with Crippen LogP contribution in [0.2, 0.25) is 0 Å². The SMILES string of the molecule is C=CCCC[C@@H](NC(=O)c1ccc(F)cc1F)C(=O)O. The third kappa shape index (κ3) is 4.46. The van der Waals surface area contributed by atoms with Gasteiger partial charge in [-0.15, -0.1) is 6.58 Å². The van der Waals surface area contributed by atoms with Crippen LogP contribution in [0.1, 0.15) is 29.6 Å². The summed E-state index contributed by atoms with van der Waals surface area (Å²) in [7, 11) is 0. The number of benzene rings is 1. The fourth-order valence-corrected chi connectivity index (χ4v) is 1.63. The van der Waals surface area contributed by atoms with E-state index in [9.17, 15) is 18.4 Å². The van der Waals surface area contributed by atoms with Crippen LogP contribution in [0.4, 0.5) is 8.78 Å². The van der Waals surface area contributed by atoms with Crippen molar-refractivity contribution in [3.05, 3.63) is 48.1 Å². The van der Waals surface area contributed by atoms with Crippen LogP contribution < -0.4 is 5.32 Å². The maximum absolute atomic E-state index is 13.4. The Morgan fingerprint density at radius 3 is 2.65 bits per heavy atom. The van der Waals surface area contributed by atoms with Gasteiger partial charge in [-0.1, -0.05) is 6.08 Å². The van der Waals surface area contributed by atoms with Crippen LogP contribution in [0.15, 0.2) is 30.9 Å². The summed E-state index contributed by atoms with van der Waals surface area (Å²) in [6, 6.07) is 1.36. The van der Waals surface area contributed by atoms with E-state index in [1.165, 1.54) is 0 Å². The lowest BCUT2D eigenvalue weighted by atomic mass is 10.1. The fourth-order valence-electron chi connectivity index (χ4n) is 1.63. The van der Waals surface area contributed by atoms with Crippen molar-refractivity contribution < 1.29 is 23.5 Å². The summed E-state index contributed by atoms with van der Waals surface area (Å²) >= 11 is 0. The molecule has 1 aromatic carbocycles. The Morgan fingerprint density at radius 1 is 1.40 bits per heavy atom. The Balaban J connectivity index is 2.74. The number of rotatable bonds is 7. The number of allylic oxidation sites excluding steroid dienone is 1. The number of aliphatic carboxylic acids is 1. The van der Waals surface area contributed by atoms with Gasteiger partial charge in [0.1, 0.15) is 17.7 Å². The zero-order valence-corrected chi connectivity index (χ0v) is 10.7. The van der Waals surface area contributed by atoms with Gasteiger partial charge in [-0.25, -0.2) is 13.6 Å². The third-order valence-electron chi connectivity index (χ3n) is 2.68. The highest BCUT2D eigenvalue weighted by molar-refractivity contribution is 5.96. The van der Waals surface area contributed by atoms with E-state index in [1.54, 1.807) is 6.08 Å². The zero-order chi connectivity index (χ0) is 15.1. The van der Waals surface area contributed by atoms with E-state index in [1.807, 2.05) is 0 Å². The van der Waals surface area contributed by atoms with Crippen LogP contribution in [0.3, 0.4) is 0 Å². The number of carbonyl (C=O) groups excluding carboxylic acids is 1. The lowest BCUT2D eigenvalue weighted by Crippen LogP contribution is -2.41. The fraction of sp³-hybridized carbons (Fsp3) is 0.286. The number of carboxylic acid groups (broad SMARTS) is 1. The second kappa shape index (κ2) is 7.37. The number of unbranched alkanes of at least 4 members (excludes halogenated alkanes) is 1. The van der Waals surface area contributed by atoms with E-state index >= 15 is 0 Å². The van der Waals surface area contributed by atoms with Gasteiger partial charge in [0.2, 0.25) is 0 Å². The van der Waals surface area contributed by atoms with Gasteiger partial charge in [-0.2, -0.15) is 0 Å². The average Bonchev–Trinajstić information content (AvgIpc) is 2.37. The van der Waals surface area contributed by atoms with Gasteiger partial charge >= 0.3 is 5.97 Å². The van der Waals surface area contributed by atoms with Crippen molar-refractivity contribution in [3.63, 3.8) is 0 Å². The van der Waals surface area contributed by atoms with Crippen LogP contribution in [-0.2, 0) is 4.79 Å². The monoisotopic (exact) mass is 283 g/mol. The van der Waals surface area contributed by atoms with Crippen molar-refractivity contribution in [2.45, 2.75) is 25.3 Å². The number of carbonyl (C=O) groups is 2. The van der Waals surface area contributed by atoms with Gasteiger partial charge in [0, 0.05) is 6.07 Å². The number of carboxylic acids is 1. The van der Waals surface area contributed by atoms with Gasteiger partial charge in [-0.3, -0.25) is 4.79 Å². The highest BCUT2D eigenvalue weighted by Gasteiger charge is 2.21. The third-order valence-corrected chi connectivity index (χ3v) is 2.68. The van der Waals surface area contributed by atoms with Crippen molar-refractivity contribution in [2.24, 2.45) is 0 Å². The molecule has 0 heterocycles. The first-order chi connectivity index (χ1) is 9.45. The summed E-state index contributed by atoms with van der Waals surface area (Å²) < 4.78 is 26.1. The molecule has 1 aromatic rings. The Hall–Kier alpha value is -2.24. The Morgan fingerprint density at radius 2 is 2.10 bits per heavy atom. The van der Waals surface area contributed by atoms with E-state index in [0.717, 1.165) is 12.1 Å². The van der Waals surface area contributed by atoms with Crippen molar-refractivity contribution in [3.8, 4) is 0 Å². The smallest absolute Gasteiger partial charge is 0.326 e. The zero-order valence-electron chi connectivity index (χ0n) is 10.7. The van der Waals surface area contributed by atoms with E-state index in [4.69, 9.17) is 5.11 Å². The molecule has 1 amide bonds. The quantitative estimate of drug-likeness (QED) is 0.597. The predicted molar refractivity (Wildman–Crippen MR) is 69.3 cm³/mol. The van der Waals surface area contributed by atoms with Crippen molar-refractivity contribution >= 4 is 11.9 Å². The average molecular weight is 283 g/mol. The molecule has 20 heavy (non-hydrogen) atoms. The summed E-state index contributed by atoms with van der Waals surface area (Å²) in [4.78, 5) is 22.8. The molecule has 1 atom stereocenters. The summed E-state index contributed by atoms with van der Waals surface area (Å²) in [5.41, 5.74) is -0.388. The van der Waals surface area contributed by atoms with Gasteiger partial charge in [0.15, 0.2) is 0 Å². The Labute approximate surface area is 115 Å². The molecule has 0 bridgehead atoms. The molecule has 0 aliphatic carbocycles. The molecule has 0 fully saturated rings. The number of hydrogen-bond donors (Lipinski definition) is 2. The molecule has 0 saturated heterocycles. The number of halogens is 2. The maximum Gasteiger partial charge on any atom is 0.326 e. The minimum atomic E-state index is -1.20. The first-order valence-corrected chi connectivity index (χ1v) is 6.05. The van der Waals surface area contributed by atoms with Crippen LogP contribution in [0, 0.1) is 11.6 Å². The molecule has 108 valence electrons. The van der Waals surface area contributed by atoms with Gasteiger partial charge in [0.05, 0.1) is 5.56 Å². The topological polar surface area (TPSA) is 66.4 Å². The minimum Gasteiger partial charge on any atom is -0.480 e. The van der Waals surface area contributed by atoms with Crippen molar-refractivity contribution in [1.82, 2.24) is 5.32 Å². The molecule has 0 radical (unpaired) electrons. The molecule has 1 rings (SSSR count). The van der Waals surface area contributed by atoms with E-state index in [0.29, 0.717) is 18.9 Å². The van der Waals surface area contributed by atoms with Crippen LogP contribution >= 0.6 is 0 Å². The minimum absolute atomic E-state index is 0.204. The van der Waals surface area contributed by atoms with E-state index < -0.39 is 29.6 Å². The van der Waals surface area contributed by atoms with Crippen molar-refractivity contribution in [1.29, 1.82) is 0 Å².